The second kappa shape index (κ2) is 6.79. The minimum absolute atomic E-state index is 0.399. The van der Waals surface area contributed by atoms with Crippen molar-refractivity contribution in [3.63, 3.8) is 0 Å². The molecule has 4 heteroatoms. The molecule has 2 saturated heterocycles. The van der Waals surface area contributed by atoms with Crippen molar-refractivity contribution in [2.45, 2.75) is 18.6 Å². The van der Waals surface area contributed by atoms with Crippen molar-refractivity contribution in [1.29, 1.82) is 0 Å². The smallest absolute Gasteiger partial charge is 0.0664 e. The van der Waals surface area contributed by atoms with Crippen molar-refractivity contribution >= 4 is 0 Å². The van der Waals surface area contributed by atoms with Crippen molar-refractivity contribution in [2.24, 2.45) is 0 Å². The van der Waals surface area contributed by atoms with Crippen molar-refractivity contribution in [3.8, 4) is 0 Å². The molecule has 2 fully saturated rings. The summed E-state index contributed by atoms with van der Waals surface area (Å²) < 4.78 is 5.92. The van der Waals surface area contributed by atoms with Gasteiger partial charge in [0.1, 0.15) is 0 Å². The molecule has 0 aliphatic carbocycles. The van der Waals surface area contributed by atoms with Crippen molar-refractivity contribution in [3.05, 3.63) is 66.0 Å². The molecule has 3 heterocycles. The third-order valence-corrected chi connectivity index (χ3v) is 4.91. The lowest BCUT2D eigenvalue weighted by atomic mass is 10.00. The van der Waals surface area contributed by atoms with Gasteiger partial charge in [0.25, 0.3) is 0 Å². The van der Waals surface area contributed by atoms with Gasteiger partial charge in [-0.15, -0.1) is 0 Å². The van der Waals surface area contributed by atoms with Crippen LogP contribution in [0, 0.1) is 0 Å². The van der Waals surface area contributed by atoms with E-state index in [9.17, 15) is 0 Å². The summed E-state index contributed by atoms with van der Waals surface area (Å²) in [7, 11) is 0. The molecule has 4 nitrogen and oxygen atoms in total. The SMILES string of the molecule is c1ccc([C@H]2COC[C@H]3CN(Cc4cccnc4)CCN32)cc1. The molecule has 0 N–H and O–H groups in total. The molecular weight excluding hydrogens is 286 g/mol. The van der Waals surface area contributed by atoms with Gasteiger partial charge in [-0.1, -0.05) is 36.4 Å². The minimum atomic E-state index is 0.399. The molecule has 120 valence electrons. The Hall–Kier alpha value is -1.75. The van der Waals surface area contributed by atoms with E-state index in [4.69, 9.17) is 4.74 Å². The van der Waals surface area contributed by atoms with Crippen molar-refractivity contribution in [2.75, 3.05) is 32.8 Å². The number of pyridine rings is 1. The van der Waals surface area contributed by atoms with Gasteiger partial charge in [0.2, 0.25) is 0 Å². The minimum Gasteiger partial charge on any atom is -0.378 e. The number of nitrogens with zero attached hydrogens (tertiary/aromatic N) is 3. The Kier molecular flexibility index (Phi) is 4.37. The maximum absolute atomic E-state index is 5.92. The summed E-state index contributed by atoms with van der Waals surface area (Å²) in [6.45, 7) is 5.91. The molecule has 0 unspecified atom stereocenters. The zero-order valence-corrected chi connectivity index (χ0v) is 13.3. The Morgan fingerprint density at radius 1 is 1.04 bits per heavy atom. The van der Waals surface area contributed by atoms with E-state index in [0.717, 1.165) is 39.4 Å². The van der Waals surface area contributed by atoms with Crippen LogP contribution in [-0.2, 0) is 11.3 Å². The van der Waals surface area contributed by atoms with Crippen LogP contribution in [0.3, 0.4) is 0 Å². The lowest BCUT2D eigenvalue weighted by Crippen LogP contribution is -2.58. The zero-order chi connectivity index (χ0) is 15.5. The topological polar surface area (TPSA) is 28.6 Å². The second-order valence-electron chi connectivity index (χ2n) is 6.45. The number of hydrogen-bond donors (Lipinski definition) is 0. The molecule has 2 aliphatic rings. The van der Waals surface area contributed by atoms with Crippen molar-refractivity contribution in [1.82, 2.24) is 14.8 Å². The predicted octanol–water partition coefficient (Wildman–Crippen LogP) is 2.34. The molecule has 0 bridgehead atoms. The zero-order valence-electron chi connectivity index (χ0n) is 13.3. The third kappa shape index (κ3) is 3.29. The fraction of sp³-hybridized carbons (Fsp3) is 0.421. The first-order chi connectivity index (χ1) is 11.4. The number of hydrogen-bond acceptors (Lipinski definition) is 4. The molecule has 2 aromatic rings. The Balaban J connectivity index is 1.44. The highest BCUT2D eigenvalue weighted by Crippen LogP contribution is 2.29. The Morgan fingerprint density at radius 3 is 2.78 bits per heavy atom. The number of aromatic nitrogens is 1. The normalized spacial score (nSPS) is 25.9. The summed E-state index contributed by atoms with van der Waals surface area (Å²) in [6.07, 6.45) is 3.80. The van der Waals surface area contributed by atoms with E-state index in [1.165, 1.54) is 11.1 Å². The summed E-state index contributed by atoms with van der Waals surface area (Å²) in [5.41, 5.74) is 2.66. The van der Waals surface area contributed by atoms with Crippen LogP contribution in [0.25, 0.3) is 0 Å². The second-order valence-corrected chi connectivity index (χ2v) is 6.45. The van der Waals surface area contributed by atoms with Gasteiger partial charge in [-0.05, 0) is 17.2 Å². The molecule has 1 aromatic heterocycles. The summed E-state index contributed by atoms with van der Waals surface area (Å²) in [5.74, 6) is 0. The van der Waals surface area contributed by atoms with E-state index in [1.54, 1.807) is 0 Å². The number of piperazine rings is 1. The Bertz CT molecular complexity index is 619. The molecule has 0 saturated carbocycles. The maximum Gasteiger partial charge on any atom is 0.0664 e. The largest absolute Gasteiger partial charge is 0.378 e. The number of fused-ring (bicyclic) bond motifs is 1. The van der Waals surface area contributed by atoms with E-state index < -0.39 is 0 Å². The first-order valence-electron chi connectivity index (χ1n) is 8.40. The highest BCUT2D eigenvalue weighted by atomic mass is 16.5. The van der Waals surface area contributed by atoms with Crippen molar-refractivity contribution < 1.29 is 4.74 Å². The fourth-order valence-corrected chi connectivity index (χ4v) is 3.76. The molecule has 0 spiro atoms. The molecule has 23 heavy (non-hydrogen) atoms. The van der Waals surface area contributed by atoms with Crippen LogP contribution in [-0.4, -0.2) is 53.7 Å². The quantitative estimate of drug-likeness (QED) is 0.870. The average molecular weight is 309 g/mol. The molecular formula is C19H23N3O. The maximum atomic E-state index is 5.92. The van der Waals surface area contributed by atoms with E-state index >= 15 is 0 Å². The average Bonchev–Trinajstić information content (AvgIpc) is 2.63. The molecule has 4 rings (SSSR count). The van der Waals surface area contributed by atoms with Crippen LogP contribution in [0.5, 0.6) is 0 Å². The number of benzene rings is 1. The molecule has 0 radical (unpaired) electrons. The van der Waals surface area contributed by atoms with Gasteiger partial charge in [-0.2, -0.15) is 0 Å². The van der Waals surface area contributed by atoms with Gasteiger partial charge < -0.3 is 4.74 Å². The summed E-state index contributed by atoms with van der Waals surface area (Å²) >= 11 is 0. The number of ether oxygens (including phenoxy) is 1. The number of rotatable bonds is 3. The number of morpholine rings is 1. The fourth-order valence-electron chi connectivity index (χ4n) is 3.76. The molecule has 2 atom stereocenters. The van der Waals surface area contributed by atoms with Gasteiger partial charge in [0.05, 0.1) is 19.3 Å². The summed E-state index contributed by atoms with van der Waals surface area (Å²) in [6, 6.07) is 15.8. The highest BCUT2D eigenvalue weighted by molar-refractivity contribution is 5.20. The Morgan fingerprint density at radius 2 is 1.96 bits per heavy atom. The van der Waals surface area contributed by atoms with Gasteiger partial charge in [-0.25, -0.2) is 0 Å². The molecule has 2 aliphatic heterocycles. The van der Waals surface area contributed by atoms with Crippen LogP contribution in [0.2, 0.25) is 0 Å². The first kappa shape index (κ1) is 14.8. The third-order valence-electron chi connectivity index (χ3n) is 4.91. The van der Waals surface area contributed by atoms with Crippen LogP contribution in [0.15, 0.2) is 54.9 Å². The van der Waals surface area contributed by atoms with Gasteiger partial charge in [0.15, 0.2) is 0 Å². The highest BCUT2D eigenvalue weighted by Gasteiger charge is 2.36. The monoisotopic (exact) mass is 309 g/mol. The van der Waals surface area contributed by atoms with Gasteiger partial charge >= 0.3 is 0 Å². The molecule has 0 amide bonds. The van der Waals surface area contributed by atoms with Gasteiger partial charge in [-0.3, -0.25) is 14.8 Å². The summed E-state index contributed by atoms with van der Waals surface area (Å²) in [5, 5.41) is 0. The van der Waals surface area contributed by atoms with E-state index in [2.05, 4.69) is 51.2 Å². The van der Waals surface area contributed by atoms with Crippen LogP contribution >= 0.6 is 0 Å². The predicted molar refractivity (Wildman–Crippen MR) is 90.0 cm³/mol. The van der Waals surface area contributed by atoms with Crippen LogP contribution in [0.1, 0.15) is 17.2 Å². The lowest BCUT2D eigenvalue weighted by Gasteiger charge is -2.48. The standard InChI is InChI=1S/C19H23N3O/c1-2-6-17(7-3-1)19-15-23-14-18-13-21(9-10-22(18)19)12-16-5-4-8-20-11-16/h1-8,11,18-19H,9-10,12-15H2/t18-,19-/m1/s1. The first-order valence-corrected chi connectivity index (χ1v) is 8.40. The van der Waals surface area contributed by atoms with Crippen LogP contribution < -0.4 is 0 Å². The van der Waals surface area contributed by atoms with Gasteiger partial charge in [0, 0.05) is 44.6 Å². The summed E-state index contributed by atoms with van der Waals surface area (Å²) in [4.78, 5) is 9.38. The van der Waals surface area contributed by atoms with E-state index in [0.29, 0.717) is 12.1 Å². The lowest BCUT2D eigenvalue weighted by molar-refractivity contribution is -0.0836. The van der Waals surface area contributed by atoms with E-state index in [-0.39, 0.29) is 0 Å². The van der Waals surface area contributed by atoms with Crippen LogP contribution in [0.4, 0.5) is 0 Å². The Labute approximate surface area is 137 Å². The molecule has 1 aromatic carbocycles. The van der Waals surface area contributed by atoms with E-state index in [1.807, 2.05) is 18.5 Å².